The Hall–Kier alpha value is -5.66. The van der Waals surface area contributed by atoms with E-state index in [4.69, 9.17) is 0 Å². The van der Waals surface area contributed by atoms with Crippen molar-refractivity contribution in [2.24, 2.45) is 0 Å². The second kappa shape index (κ2) is 8.69. The zero-order valence-electron chi connectivity index (χ0n) is 21.5. The molecule has 8 rings (SSSR count). The van der Waals surface area contributed by atoms with Crippen LogP contribution in [-0.4, -0.2) is 14.1 Å². The first-order valence-corrected chi connectivity index (χ1v) is 13.3. The van der Waals surface area contributed by atoms with E-state index in [0.717, 1.165) is 33.5 Å². The molecule has 8 aromatic rings. The molecule has 3 heterocycles. The molecule has 0 aliphatic rings. The molecule has 0 bridgehead atoms. The van der Waals surface area contributed by atoms with Gasteiger partial charge in [0.2, 0.25) is 0 Å². The molecule has 0 unspecified atom stereocenters. The predicted octanol–water partition coefficient (Wildman–Crippen LogP) is 8.81. The summed E-state index contributed by atoms with van der Waals surface area (Å²) in [6, 6.07) is 44.8. The largest absolute Gasteiger partial charge is 0.309 e. The number of nitrogens with zero attached hydrogens (tertiary/aromatic N) is 4. The fourth-order valence-corrected chi connectivity index (χ4v) is 6.12. The summed E-state index contributed by atoms with van der Waals surface area (Å²) < 4.78 is 4.62. The van der Waals surface area contributed by atoms with Crippen LogP contribution in [0.5, 0.6) is 0 Å². The minimum atomic E-state index is 0.633. The van der Waals surface area contributed by atoms with Crippen molar-refractivity contribution in [2.75, 3.05) is 0 Å². The Morgan fingerprint density at radius 3 is 1.60 bits per heavy atom. The van der Waals surface area contributed by atoms with Crippen LogP contribution >= 0.6 is 0 Å². The third-order valence-electron chi connectivity index (χ3n) is 7.87. The number of para-hydroxylation sites is 3. The van der Waals surface area contributed by atoms with Gasteiger partial charge < -0.3 is 9.13 Å². The lowest BCUT2D eigenvalue weighted by atomic mass is 10.0. The van der Waals surface area contributed by atoms with Gasteiger partial charge in [-0.3, -0.25) is 4.98 Å². The molecule has 0 aliphatic heterocycles. The van der Waals surface area contributed by atoms with Crippen LogP contribution in [-0.2, 0) is 0 Å². The van der Waals surface area contributed by atoms with Crippen LogP contribution in [0.25, 0.3) is 66.1 Å². The van der Waals surface area contributed by atoms with Gasteiger partial charge in [-0.25, -0.2) is 0 Å². The molecule has 4 nitrogen and oxygen atoms in total. The highest BCUT2D eigenvalue weighted by molar-refractivity contribution is 6.12. The highest BCUT2D eigenvalue weighted by Gasteiger charge is 2.17. The molecule has 4 heteroatoms. The highest BCUT2D eigenvalue weighted by atomic mass is 15.0. The van der Waals surface area contributed by atoms with Crippen molar-refractivity contribution in [3.05, 3.63) is 139 Å². The fourth-order valence-electron chi connectivity index (χ4n) is 6.12. The van der Waals surface area contributed by atoms with E-state index in [0.29, 0.717) is 5.56 Å². The van der Waals surface area contributed by atoms with Crippen molar-refractivity contribution < 1.29 is 0 Å². The minimum Gasteiger partial charge on any atom is -0.309 e. The summed E-state index contributed by atoms with van der Waals surface area (Å²) in [6.45, 7) is 0. The molecule has 0 amide bonds. The molecule has 0 radical (unpaired) electrons. The number of pyridine rings is 1. The Bertz CT molecular complexity index is 2230. The SMILES string of the molecule is N#Cc1cc(-n2c3ccccc3c3ccc(-n4c5ccccc5c5ccccc54)cc32)ccc1-c1ccncc1. The van der Waals surface area contributed by atoms with Gasteiger partial charge in [0.15, 0.2) is 0 Å². The smallest absolute Gasteiger partial charge is 0.0998 e. The number of benzene rings is 5. The number of fused-ring (bicyclic) bond motifs is 6. The van der Waals surface area contributed by atoms with Crippen molar-refractivity contribution in [2.45, 2.75) is 0 Å². The van der Waals surface area contributed by atoms with Crippen LogP contribution in [0.4, 0.5) is 0 Å². The molecular formula is C36H22N4. The van der Waals surface area contributed by atoms with E-state index < -0.39 is 0 Å². The van der Waals surface area contributed by atoms with Crippen LogP contribution in [0.15, 0.2) is 134 Å². The van der Waals surface area contributed by atoms with E-state index in [9.17, 15) is 5.26 Å². The number of rotatable bonds is 3. The van der Waals surface area contributed by atoms with E-state index >= 15 is 0 Å². The minimum absolute atomic E-state index is 0.633. The third-order valence-corrected chi connectivity index (χ3v) is 7.87. The van der Waals surface area contributed by atoms with Gasteiger partial charge in [0.1, 0.15) is 0 Å². The summed E-state index contributed by atoms with van der Waals surface area (Å²) in [5.41, 5.74) is 9.14. The van der Waals surface area contributed by atoms with Crippen LogP contribution in [0.3, 0.4) is 0 Å². The standard InChI is InChI=1S/C36H22N4/c37-23-25-21-26(13-15-28(25)24-17-19-38-20-18-24)40-35-12-6-3-9-31(35)32-16-14-27(22-36(32)40)39-33-10-4-1-7-29(33)30-8-2-5-11-34(30)39/h1-22H. The van der Waals surface area contributed by atoms with Gasteiger partial charge >= 0.3 is 0 Å². The maximum Gasteiger partial charge on any atom is 0.0998 e. The van der Waals surface area contributed by atoms with E-state index in [1.807, 2.05) is 24.3 Å². The lowest BCUT2D eigenvalue weighted by Gasteiger charge is -2.13. The van der Waals surface area contributed by atoms with E-state index in [-0.39, 0.29) is 0 Å². The molecule has 0 saturated carbocycles. The Morgan fingerprint density at radius 1 is 0.500 bits per heavy atom. The second-order valence-corrected chi connectivity index (χ2v) is 10.0. The van der Waals surface area contributed by atoms with Crippen molar-refractivity contribution >= 4 is 43.6 Å². The zero-order chi connectivity index (χ0) is 26.6. The van der Waals surface area contributed by atoms with Gasteiger partial charge in [-0.05, 0) is 65.7 Å². The van der Waals surface area contributed by atoms with Gasteiger partial charge in [-0.2, -0.15) is 5.26 Å². The molecule has 0 spiro atoms. The second-order valence-electron chi connectivity index (χ2n) is 10.0. The lowest BCUT2D eigenvalue weighted by Crippen LogP contribution is -1.98. The molecule has 5 aromatic carbocycles. The van der Waals surface area contributed by atoms with Crippen LogP contribution < -0.4 is 0 Å². The summed E-state index contributed by atoms with van der Waals surface area (Å²) in [7, 11) is 0. The van der Waals surface area contributed by atoms with Gasteiger partial charge in [0, 0.05) is 45.3 Å². The summed E-state index contributed by atoms with van der Waals surface area (Å²) in [6.07, 6.45) is 3.51. The van der Waals surface area contributed by atoms with Crippen molar-refractivity contribution in [1.29, 1.82) is 5.26 Å². The summed E-state index contributed by atoms with van der Waals surface area (Å²) >= 11 is 0. The van der Waals surface area contributed by atoms with Crippen LogP contribution in [0.2, 0.25) is 0 Å². The topological polar surface area (TPSA) is 46.5 Å². The average Bonchev–Trinajstić information content (AvgIpc) is 3.54. The summed E-state index contributed by atoms with van der Waals surface area (Å²) in [5.74, 6) is 0. The van der Waals surface area contributed by atoms with Crippen molar-refractivity contribution in [1.82, 2.24) is 14.1 Å². The van der Waals surface area contributed by atoms with E-state index in [2.05, 4.69) is 117 Å². The fraction of sp³-hybridized carbons (Fsp3) is 0. The molecule has 3 aromatic heterocycles. The predicted molar refractivity (Wildman–Crippen MR) is 163 cm³/mol. The molecule has 0 fully saturated rings. The van der Waals surface area contributed by atoms with E-state index in [1.165, 1.54) is 32.6 Å². The number of hydrogen-bond donors (Lipinski definition) is 0. The number of aromatic nitrogens is 3. The molecule has 0 saturated heterocycles. The maximum absolute atomic E-state index is 10.1. The zero-order valence-corrected chi connectivity index (χ0v) is 21.5. The van der Waals surface area contributed by atoms with Crippen molar-refractivity contribution in [3.63, 3.8) is 0 Å². The van der Waals surface area contributed by atoms with Crippen LogP contribution in [0, 0.1) is 11.3 Å². The van der Waals surface area contributed by atoms with Gasteiger partial charge in [0.25, 0.3) is 0 Å². The maximum atomic E-state index is 10.1. The molecule has 0 atom stereocenters. The van der Waals surface area contributed by atoms with Crippen LogP contribution in [0.1, 0.15) is 5.56 Å². The molecule has 0 N–H and O–H groups in total. The monoisotopic (exact) mass is 510 g/mol. The Labute approximate surface area is 230 Å². The van der Waals surface area contributed by atoms with E-state index in [1.54, 1.807) is 12.4 Å². The molecular weight excluding hydrogens is 488 g/mol. The van der Waals surface area contributed by atoms with Crippen molar-refractivity contribution in [3.8, 4) is 28.6 Å². The normalized spacial score (nSPS) is 11.5. The van der Waals surface area contributed by atoms with Gasteiger partial charge in [-0.1, -0.05) is 66.7 Å². The molecule has 0 aliphatic carbocycles. The third kappa shape index (κ3) is 3.22. The first-order valence-electron chi connectivity index (χ1n) is 13.3. The quantitative estimate of drug-likeness (QED) is 0.238. The number of nitriles is 1. The summed E-state index contributed by atoms with van der Waals surface area (Å²) in [5, 5.41) is 15.0. The van der Waals surface area contributed by atoms with Gasteiger partial charge in [0.05, 0.1) is 33.7 Å². The first-order chi connectivity index (χ1) is 19.8. The average molecular weight is 511 g/mol. The summed E-state index contributed by atoms with van der Waals surface area (Å²) in [4.78, 5) is 4.13. The molecule has 40 heavy (non-hydrogen) atoms. The first kappa shape index (κ1) is 22.3. The lowest BCUT2D eigenvalue weighted by molar-refractivity contribution is 1.15. The van der Waals surface area contributed by atoms with Gasteiger partial charge in [-0.15, -0.1) is 0 Å². The Morgan fingerprint density at radius 2 is 1.00 bits per heavy atom. The molecule has 186 valence electrons. The number of hydrogen-bond acceptors (Lipinski definition) is 2. The Kier molecular flexibility index (Phi) is 4.85. The Balaban J connectivity index is 1.42. The highest BCUT2D eigenvalue weighted by Crippen LogP contribution is 2.37.